The van der Waals surface area contributed by atoms with Crippen LogP contribution in [0.1, 0.15) is 37.3 Å². The van der Waals surface area contributed by atoms with Gasteiger partial charge in [-0.3, -0.25) is 5.43 Å². The zero-order valence-electron chi connectivity index (χ0n) is 14.6. The average molecular weight is 314 g/mol. The lowest BCUT2D eigenvalue weighted by Gasteiger charge is -2.55. The summed E-state index contributed by atoms with van der Waals surface area (Å²) in [6, 6.07) is 9.62. The number of rotatable bonds is 3. The van der Waals surface area contributed by atoms with Crippen LogP contribution in [0, 0.1) is 5.41 Å². The van der Waals surface area contributed by atoms with E-state index in [1.54, 1.807) is 0 Å². The first-order valence-corrected chi connectivity index (χ1v) is 9.17. The Morgan fingerprint density at radius 1 is 1.09 bits per heavy atom. The number of anilines is 1. The molecule has 0 amide bonds. The van der Waals surface area contributed by atoms with Crippen molar-refractivity contribution in [1.82, 2.24) is 15.3 Å². The van der Waals surface area contributed by atoms with Crippen molar-refractivity contribution in [2.24, 2.45) is 5.41 Å². The van der Waals surface area contributed by atoms with Crippen LogP contribution < -0.4 is 10.3 Å². The van der Waals surface area contributed by atoms with Gasteiger partial charge in [-0.1, -0.05) is 18.2 Å². The predicted octanol–water partition coefficient (Wildman–Crippen LogP) is 2.49. The number of hydrogen-bond acceptors (Lipinski definition) is 4. The van der Waals surface area contributed by atoms with Crippen molar-refractivity contribution in [2.75, 3.05) is 51.7 Å². The standard InChI is InChI=1S/C19H30N4/c1-20-23-11-5-8-18(23)16-6-3-4-7-17(16)22-14-19(15-22)9-12-21(2)13-10-19/h3-4,6-7,18,20H,5,8-15H2,1-2H3/t18-/m1/s1. The molecule has 126 valence electrons. The maximum absolute atomic E-state index is 3.39. The number of likely N-dealkylation sites (tertiary alicyclic amines) is 1. The Morgan fingerprint density at radius 2 is 1.83 bits per heavy atom. The van der Waals surface area contributed by atoms with Crippen LogP contribution in [-0.2, 0) is 0 Å². The monoisotopic (exact) mass is 314 g/mol. The number of hydrazine groups is 1. The smallest absolute Gasteiger partial charge is 0.0513 e. The summed E-state index contributed by atoms with van der Waals surface area (Å²) in [7, 11) is 4.31. The van der Waals surface area contributed by atoms with Crippen molar-refractivity contribution < 1.29 is 0 Å². The molecular formula is C19H30N4. The second-order valence-corrected chi connectivity index (χ2v) is 7.79. The summed E-state index contributed by atoms with van der Waals surface area (Å²) < 4.78 is 0. The van der Waals surface area contributed by atoms with Gasteiger partial charge in [0.05, 0.1) is 6.04 Å². The van der Waals surface area contributed by atoms with Gasteiger partial charge in [-0.25, -0.2) is 5.01 Å². The van der Waals surface area contributed by atoms with E-state index in [1.165, 1.54) is 63.1 Å². The molecule has 3 heterocycles. The van der Waals surface area contributed by atoms with Crippen molar-refractivity contribution in [3.8, 4) is 0 Å². The molecule has 0 unspecified atom stereocenters. The molecule has 3 aliphatic heterocycles. The molecule has 4 rings (SSSR count). The molecule has 3 saturated heterocycles. The molecule has 3 fully saturated rings. The van der Waals surface area contributed by atoms with Gasteiger partial charge in [-0.15, -0.1) is 0 Å². The van der Waals surface area contributed by atoms with Crippen LogP contribution in [0.2, 0.25) is 0 Å². The summed E-state index contributed by atoms with van der Waals surface area (Å²) in [5, 5.41) is 2.41. The van der Waals surface area contributed by atoms with Gasteiger partial charge in [0.2, 0.25) is 0 Å². The molecule has 1 aromatic rings. The molecule has 1 N–H and O–H groups in total. The molecule has 0 saturated carbocycles. The number of benzene rings is 1. The maximum atomic E-state index is 3.39. The second-order valence-electron chi connectivity index (χ2n) is 7.79. The highest BCUT2D eigenvalue weighted by molar-refractivity contribution is 5.57. The zero-order chi connectivity index (χ0) is 15.9. The number of nitrogens with one attached hydrogen (secondary N) is 1. The van der Waals surface area contributed by atoms with Crippen LogP contribution in [0.3, 0.4) is 0 Å². The normalized spacial score (nSPS) is 28.3. The van der Waals surface area contributed by atoms with Gasteiger partial charge in [0.1, 0.15) is 0 Å². The number of para-hydroxylation sites is 1. The average Bonchev–Trinajstić information content (AvgIpc) is 3.02. The summed E-state index contributed by atoms with van der Waals surface area (Å²) in [4.78, 5) is 5.11. The van der Waals surface area contributed by atoms with E-state index in [-0.39, 0.29) is 0 Å². The lowest BCUT2D eigenvalue weighted by atomic mass is 9.71. The van der Waals surface area contributed by atoms with E-state index < -0.39 is 0 Å². The van der Waals surface area contributed by atoms with Crippen LogP contribution in [0.15, 0.2) is 24.3 Å². The van der Waals surface area contributed by atoms with Gasteiger partial charge in [0.25, 0.3) is 0 Å². The van der Waals surface area contributed by atoms with E-state index in [9.17, 15) is 0 Å². The molecule has 4 heteroatoms. The Kier molecular flexibility index (Phi) is 4.08. The second kappa shape index (κ2) is 6.08. The summed E-state index contributed by atoms with van der Waals surface area (Å²) in [5.41, 5.74) is 6.97. The highest BCUT2D eigenvalue weighted by atomic mass is 15.5. The van der Waals surface area contributed by atoms with Crippen LogP contribution >= 0.6 is 0 Å². The van der Waals surface area contributed by atoms with E-state index in [4.69, 9.17) is 0 Å². The topological polar surface area (TPSA) is 21.8 Å². The minimum atomic E-state index is 0.533. The molecule has 0 aliphatic carbocycles. The van der Waals surface area contributed by atoms with Gasteiger partial charge in [-0.05, 0) is 64.5 Å². The zero-order valence-corrected chi connectivity index (χ0v) is 14.6. The first-order chi connectivity index (χ1) is 11.2. The van der Waals surface area contributed by atoms with Crippen molar-refractivity contribution >= 4 is 5.69 Å². The maximum Gasteiger partial charge on any atom is 0.0513 e. The highest BCUT2D eigenvalue weighted by Gasteiger charge is 2.45. The van der Waals surface area contributed by atoms with E-state index in [0.29, 0.717) is 11.5 Å². The fourth-order valence-electron chi connectivity index (χ4n) is 4.76. The van der Waals surface area contributed by atoms with Gasteiger partial charge in [-0.2, -0.15) is 0 Å². The molecule has 1 aromatic carbocycles. The van der Waals surface area contributed by atoms with Crippen LogP contribution in [0.4, 0.5) is 5.69 Å². The van der Waals surface area contributed by atoms with Crippen LogP contribution in [0.25, 0.3) is 0 Å². The Hall–Kier alpha value is -1.10. The van der Waals surface area contributed by atoms with E-state index >= 15 is 0 Å². The third-order valence-electron chi connectivity index (χ3n) is 6.28. The molecule has 0 bridgehead atoms. The number of piperidine rings is 1. The van der Waals surface area contributed by atoms with Gasteiger partial charge < -0.3 is 9.80 Å². The number of hydrogen-bond donors (Lipinski definition) is 1. The molecule has 23 heavy (non-hydrogen) atoms. The van der Waals surface area contributed by atoms with Crippen molar-refractivity contribution in [3.05, 3.63) is 29.8 Å². The largest absolute Gasteiger partial charge is 0.370 e. The molecule has 0 aromatic heterocycles. The van der Waals surface area contributed by atoms with Crippen molar-refractivity contribution in [2.45, 2.75) is 31.7 Å². The number of nitrogens with zero attached hydrogens (tertiary/aromatic N) is 3. The molecular weight excluding hydrogens is 284 g/mol. The predicted molar refractivity (Wildman–Crippen MR) is 95.6 cm³/mol. The minimum absolute atomic E-state index is 0.533. The SMILES string of the molecule is CNN1CCC[C@@H]1c1ccccc1N1CC2(CCN(C)CC2)C1. The van der Waals surface area contributed by atoms with Gasteiger partial charge in [0.15, 0.2) is 0 Å². The lowest BCUT2D eigenvalue weighted by molar-refractivity contribution is 0.0901. The Labute approximate surface area is 140 Å². The quantitative estimate of drug-likeness (QED) is 0.925. The van der Waals surface area contributed by atoms with Crippen molar-refractivity contribution in [3.63, 3.8) is 0 Å². The summed E-state index contributed by atoms with van der Waals surface area (Å²) >= 11 is 0. The molecule has 0 radical (unpaired) electrons. The molecule has 1 spiro atoms. The van der Waals surface area contributed by atoms with E-state index in [2.05, 4.69) is 58.6 Å². The molecule has 3 aliphatic rings. The fraction of sp³-hybridized carbons (Fsp3) is 0.684. The van der Waals surface area contributed by atoms with Gasteiger partial charge in [0, 0.05) is 30.7 Å². The van der Waals surface area contributed by atoms with Crippen LogP contribution in [-0.4, -0.2) is 56.7 Å². The Morgan fingerprint density at radius 3 is 2.57 bits per heavy atom. The first-order valence-electron chi connectivity index (χ1n) is 9.17. The molecule has 4 nitrogen and oxygen atoms in total. The summed E-state index contributed by atoms with van der Waals surface area (Å²) in [5.74, 6) is 0. The fourth-order valence-corrected chi connectivity index (χ4v) is 4.76. The molecule has 1 atom stereocenters. The first kappa shape index (κ1) is 15.4. The van der Waals surface area contributed by atoms with Crippen LogP contribution in [0.5, 0.6) is 0 Å². The van der Waals surface area contributed by atoms with Gasteiger partial charge >= 0.3 is 0 Å². The van der Waals surface area contributed by atoms with E-state index in [1.807, 2.05) is 0 Å². The Balaban J connectivity index is 1.50. The van der Waals surface area contributed by atoms with Crippen molar-refractivity contribution in [1.29, 1.82) is 0 Å². The highest BCUT2D eigenvalue weighted by Crippen LogP contribution is 2.45. The summed E-state index contributed by atoms with van der Waals surface area (Å²) in [6.07, 6.45) is 5.29. The third kappa shape index (κ3) is 2.77. The van der Waals surface area contributed by atoms with E-state index in [0.717, 1.165) is 6.54 Å². The third-order valence-corrected chi connectivity index (χ3v) is 6.28. The lowest BCUT2D eigenvalue weighted by Crippen LogP contribution is -2.60. The summed E-state index contributed by atoms with van der Waals surface area (Å²) in [6.45, 7) is 6.21. The Bertz CT molecular complexity index is 542. The minimum Gasteiger partial charge on any atom is -0.370 e.